The second kappa shape index (κ2) is 8.47. The van der Waals surface area contributed by atoms with Crippen LogP contribution in [0.5, 0.6) is 5.75 Å². The van der Waals surface area contributed by atoms with Crippen molar-refractivity contribution in [2.75, 3.05) is 20.2 Å². The summed E-state index contributed by atoms with van der Waals surface area (Å²) in [7, 11) is 1.69. The van der Waals surface area contributed by atoms with Crippen LogP contribution < -0.4 is 4.74 Å². The molecule has 4 nitrogen and oxygen atoms in total. The van der Waals surface area contributed by atoms with Crippen molar-refractivity contribution in [2.24, 2.45) is 0 Å². The first-order valence-electron chi connectivity index (χ1n) is 6.46. The smallest absolute Gasteiger partial charge is 0.387 e. The van der Waals surface area contributed by atoms with Crippen molar-refractivity contribution in [1.82, 2.24) is 4.90 Å². The highest BCUT2D eigenvalue weighted by atomic mass is 19.3. The van der Waals surface area contributed by atoms with E-state index in [2.05, 4.69) is 4.74 Å². The minimum Gasteiger partial charge on any atom is -0.435 e. The van der Waals surface area contributed by atoms with Gasteiger partial charge in [0.05, 0.1) is 0 Å². The van der Waals surface area contributed by atoms with Crippen LogP contribution in [0, 0.1) is 0 Å². The number of benzene rings is 1. The van der Waals surface area contributed by atoms with Gasteiger partial charge in [0.2, 0.25) is 0 Å². The maximum Gasteiger partial charge on any atom is 0.387 e. The van der Waals surface area contributed by atoms with Crippen molar-refractivity contribution in [3.63, 3.8) is 0 Å². The van der Waals surface area contributed by atoms with E-state index in [1.807, 2.05) is 0 Å². The van der Waals surface area contributed by atoms with E-state index in [0.29, 0.717) is 12.1 Å². The minimum atomic E-state index is -2.87. The number of aliphatic hydroxyl groups excluding tert-OH is 1. The molecule has 0 saturated carbocycles. The van der Waals surface area contributed by atoms with Crippen molar-refractivity contribution in [1.29, 1.82) is 0 Å². The molecule has 0 aliphatic carbocycles. The topological polar surface area (TPSA) is 49.8 Å². The maximum atomic E-state index is 12.0. The highest BCUT2D eigenvalue weighted by molar-refractivity contribution is 5.94. The van der Waals surface area contributed by atoms with E-state index < -0.39 is 6.61 Å². The minimum absolute atomic E-state index is 0.0298. The number of halogens is 2. The van der Waals surface area contributed by atoms with Crippen molar-refractivity contribution in [2.45, 2.75) is 25.9 Å². The fraction of sp³-hybridized carbons (Fsp3) is 0.500. The molecule has 0 unspecified atom stereocenters. The number of ether oxygens (including phenoxy) is 1. The van der Waals surface area contributed by atoms with E-state index in [0.717, 1.165) is 19.3 Å². The Kier molecular flexibility index (Phi) is 6.93. The highest BCUT2D eigenvalue weighted by Crippen LogP contribution is 2.16. The van der Waals surface area contributed by atoms with Gasteiger partial charge in [-0.25, -0.2) is 0 Å². The second-order valence-electron chi connectivity index (χ2n) is 4.41. The Morgan fingerprint density at radius 2 is 1.90 bits per heavy atom. The molecule has 1 N–H and O–H groups in total. The molecule has 0 spiro atoms. The van der Waals surface area contributed by atoms with Gasteiger partial charge in [0.25, 0.3) is 5.91 Å². The summed E-state index contributed by atoms with van der Waals surface area (Å²) in [4.78, 5) is 13.6. The van der Waals surface area contributed by atoms with Crippen molar-refractivity contribution < 1.29 is 23.4 Å². The van der Waals surface area contributed by atoms with Crippen LogP contribution in [0.2, 0.25) is 0 Å². The summed E-state index contributed by atoms with van der Waals surface area (Å²) >= 11 is 0. The number of hydrogen-bond acceptors (Lipinski definition) is 3. The Labute approximate surface area is 117 Å². The average molecular weight is 287 g/mol. The number of amides is 1. The predicted octanol–water partition coefficient (Wildman–Crippen LogP) is 2.52. The van der Waals surface area contributed by atoms with Gasteiger partial charge in [-0.3, -0.25) is 4.79 Å². The third kappa shape index (κ3) is 5.52. The zero-order valence-electron chi connectivity index (χ0n) is 11.4. The first-order chi connectivity index (χ1) is 9.54. The lowest BCUT2D eigenvalue weighted by Crippen LogP contribution is -2.27. The van der Waals surface area contributed by atoms with Crippen LogP contribution >= 0.6 is 0 Å². The van der Waals surface area contributed by atoms with Gasteiger partial charge in [0.15, 0.2) is 0 Å². The van der Waals surface area contributed by atoms with Crippen LogP contribution in [-0.2, 0) is 0 Å². The summed E-state index contributed by atoms with van der Waals surface area (Å²) in [6.07, 6.45) is 2.40. The zero-order valence-corrected chi connectivity index (χ0v) is 11.4. The molecule has 0 radical (unpaired) electrons. The Bertz CT molecular complexity index is 409. The summed E-state index contributed by atoms with van der Waals surface area (Å²) in [5.74, 6) is -0.139. The molecule has 6 heteroatoms. The van der Waals surface area contributed by atoms with Gasteiger partial charge in [0, 0.05) is 25.8 Å². The summed E-state index contributed by atoms with van der Waals surface area (Å²) < 4.78 is 28.2. The van der Waals surface area contributed by atoms with Crippen molar-refractivity contribution >= 4 is 5.91 Å². The maximum absolute atomic E-state index is 12.0. The molecule has 1 rings (SSSR count). The molecular weight excluding hydrogens is 268 g/mol. The standard InChI is InChI=1S/C14H19F2NO3/c1-17(9-3-2-4-10-18)13(19)11-5-7-12(8-6-11)20-14(15)16/h5-8,14,18H,2-4,9-10H2,1H3. The summed E-state index contributed by atoms with van der Waals surface area (Å²) in [6, 6.07) is 5.62. The molecule has 0 bridgehead atoms. The van der Waals surface area contributed by atoms with Crippen LogP contribution in [0.15, 0.2) is 24.3 Å². The summed E-state index contributed by atoms with van der Waals surface area (Å²) in [5, 5.41) is 8.66. The molecule has 0 aliphatic rings. The van der Waals surface area contributed by atoms with Crippen LogP contribution in [-0.4, -0.2) is 42.7 Å². The van der Waals surface area contributed by atoms with E-state index in [4.69, 9.17) is 5.11 Å². The fourth-order valence-corrected chi connectivity index (χ4v) is 1.74. The van der Waals surface area contributed by atoms with Gasteiger partial charge in [-0.05, 0) is 43.5 Å². The lowest BCUT2D eigenvalue weighted by atomic mass is 10.2. The third-order valence-corrected chi connectivity index (χ3v) is 2.82. The Balaban J connectivity index is 2.49. The first-order valence-corrected chi connectivity index (χ1v) is 6.46. The fourth-order valence-electron chi connectivity index (χ4n) is 1.74. The molecule has 0 aromatic heterocycles. The Morgan fingerprint density at radius 3 is 2.45 bits per heavy atom. The van der Waals surface area contributed by atoms with Gasteiger partial charge in [-0.1, -0.05) is 0 Å². The molecule has 1 amide bonds. The molecule has 20 heavy (non-hydrogen) atoms. The molecule has 1 aromatic rings. The van der Waals surface area contributed by atoms with Crippen LogP contribution in [0.25, 0.3) is 0 Å². The van der Waals surface area contributed by atoms with Gasteiger partial charge >= 0.3 is 6.61 Å². The van der Waals surface area contributed by atoms with Crippen LogP contribution in [0.3, 0.4) is 0 Å². The molecule has 0 atom stereocenters. The number of carbonyl (C=O) groups is 1. The van der Waals surface area contributed by atoms with Crippen LogP contribution in [0.1, 0.15) is 29.6 Å². The number of nitrogens with zero attached hydrogens (tertiary/aromatic N) is 1. The van der Waals surface area contributed by atoms with Gasteiger partial charge in [-0.15, -0.1) is 0 Å². The Morgan fingerprint density at radius 1 is 1.25 bits per heavy atom. The molecule has 1 aromatic carbocycles. The number of rotatable bonds is 8. The zero-order chi connectivity index (χ0) is 15.0. The molecule has 112 valence electrons. The molecule has 0 heterocycles. The van der Waals surface area contributed by atoms with Crippen molar-refractivity contribution in [3.8, 4) is 5.75 Å². The molecule has 0 fully saturated rings. The van der Waals surface area contributed by atoms with Gasteiger partial charge in [-0.2, -0.15) is 8.78 Å². The largest absolute Gasteiger partial charge is 0.435 e. The highest BCUT2D eigenvalue weighted by Gasteiger charge is 2.12. The quantitative estimate of drug-likeness (QED) is 0.747. The predicted molar refractivity (Wildman–Crippen MR) is 71.0 cm³/mol. The molecule has 0 aliphatic heterocycles. The number of unbranched alkanes of at least 4 members (excludes halogenated alkanes) is 2. The second-order valence-corrected chi connectivity index (χ2v) is 4.41. The van der Waals surface area contributed by atoms with Gasteiger partial charge < -0.3 is 14.7 Å². The van der Waals surface area contributed by atoms with E-state index >= 15 is 0 Å². The number of aliphatic hydroxyl groups is 1. The van der Waals surface area contributed by atoms with Gasteiger partial charge in [0.1, 0.15) is 5.75 Å². The number of alkyl halides is 2. The van der Waals surface area contributed by atoms with Crippen LogP contribution in [0.4, 0.5) is 8.78 Å². The lowest BCUT2D eigenvalue weighted by molar-refractivity contribution is -0.0498. The first kappa shape index (κ1) is 16.4. The van der Waals surface area contributed by atoms with E-state index in [1.54, 1.807) is 11.9 Å². The number of carbonyl (C=O) groups excluding carboxylic acids is 1. The normalized spacial score (nSPS) is 10.7. The lowest BCUT2D eigenvalue weighted by Gasteiger charge is -2.17. The third-order valence-electron chi connectivity index (χ3n) is 2.82. The monoisotopic (exact) mass is 287 g/mol. The van der Waals surface area contributed by atoms with E-state index in [1.165, 1.54) is 24.3 Å². The number of hydrogen-bond donors (Lipinski definition) is 1. The SMILES string of the molecule is CN(CCCCCO)C(=O)c1ccc(OC(F)F)cc1. The molecule has 0 saturated heterocycles. The van der Waals surface area contributed by atoms with E-state index in [9.17, 15) is 13.6 Å². The van der Waals surface area contributed by atoms with E-state index in [-0.39, 0.29) is 18.3 Å². The Hall–Kier alpha value is -1.69. The molecular formula is C14H19F2NO3. The summed E-state index contributed by atoms with van der Waals surface area (Å²) in [5.41, 5.74) is 0.427. The average Bonchev–Trinajstić information content (AvgIpc) is 2.43. The van der Waals surface area contributed by atoms with Crippen molar-refractivity contribution in [3.05, 3.63) is 29.8 Å². The summed E-state index contributed by atoms with van der Waals surface area (Å²) in [6.45, 7) is -2.12.